The van der Waals surface area contributed by atoms with Crippen molar-refractivity contribution in [3.8, 4) is 0 Å². The van der Waals surface area contributed by atoms with E-state index in [0.29, 0.717) is 6.54 Å². The summed E-state index contributed by atoms with van der Waals surface area (Å²) < 4.78 is 0. The van der Waals surface area contributed by atoms with Crippen molar-refractivity contribution in [2.24, 2.45) is 17.1 Å². The fraction of sp³-hybridized carbons (Fsp3) is 1.00. The Bertz CT molecular complexity index is 160. The molecule has 0 radical (unpaired) electrons. The first-order chi connectivity index (χ1) is 6.64. The standard InChI is InChI=1S/C12H25NO/c1-3-4-11-5-7-12(9-13,8-6-11)10(2)14/h10-11,14H,3-9,13H2,1-2H3. The lowest BCUT2D eigenvalue weighted by Crippen LogP contribution is -2.43. The molecule has 14 heavy (non-hydrogen) atoms. The topological polar surface area (TPSA) is 46.2 Å². The van der Waals surface area contributed by atoms with E-state index in [1.165, 1.54) is 25.7 Å². The van der Waals surface area contributed by atoms with Gasteiger partial charge >= 0.3 is 0 Å². The van der Waals surface area contributed by atoms with Crippen LogP contribution in [-0.4, -0.2) is 17.8 Å². The third-order valence-corrected chi connectivity index (χ3v) is 4.09. The van der Waals surface area contributed by atoms with Crippen LogP contribution in [0.4, 0.5) is 0 Å². The molecule has 1 unspecified atom stereocenters. The number of nitrogens with two attached hydrogens (primary N) is 1. The van der Waals surface area contributed by atoms with Gasteiger partial charge in [-0.05, 0) is 38.5 Å². The van der Waals surface area contributed by atoms with Gasteiger partial charge in [-0.3, -0.25) is 0 Å². The Morgan fingerprint density at radius 1 is 1.43 bits per heavy atom. The highest BCUT2D eigenvalue weighted by Gasteiger charge is 2.37. The zero-order chi connectivity index (χ0) is 10.6. The minimum absolute atomic E-state index is 0.0320. The summed E-state index contributed by atoms with van der Waals surface area (Å²) >= 11 is 0. The summed E-state index contributed by atoms with van der Waals surface area (Å²) in [6, 6.07) is 0. The Balaban J connectivity index is 2.46. The predicted molar refractivity (Wildman–Crippen MR) is 60.0 cm³/mol. The van der Waals surface area contributed by atoms with Crippen molar-refractivity contribution in [3.63, 3.8) is 0 Å². The second-order valence-electron chi connectivity index (χ2n) is 4.97. The number of aliphatic hydroxyl groups excluding tert-OH is 1. The lowest BCUT2D eigenvalue weighted by atomic mass is 9.67. The van der Waals surface area contributed by atoms with Crippen molar-refractivity contribution in [1.29, 1.82) is 0 Å². The molecule has 0 aromatic carbocycles. The van der Waals surface area contributed by atoms with Crippen LogP contribution in [0.1, 0.15) is 52.4 Å². The van der Waals surface area contributed by atoms with Gasteiger partial charge in [-0.25, -0.2) is 0 Å². The molecule has 1 aliphatic carbocycles. The van der Waals surface area contributed by atoms with E-state index in [0.717, 1.165) is 18.8 Å². The summed E-state index contributed by atoms with van der Waals surface area (Å²) in [5, 5.41) is 9.76. The Kier molecular flexibility index (Phi) is 4.39. The largest absolute Gasteiger partial charge is 0.393 e. The van der Waals surface area contributed by atoms with E-state index in [2.05, 4.69) is 6.92 Å². The smallest absolute Gasteiger partial charge is 0.0580 e. The van der Waals surface area contributed by atoms with Gasteiger partial charge in [0, 0.05) is 12.0 Å². The van der Waals surface area contributed by atoms with E-state index in [1.807, 2.05) is 6.92 Å². The first kappa shape index (κ1) is 12.0. The molecule has 0 amide bonds. The molecule has 0 aromatic heterocycles. The Morgan fingerprint density at radius 3 is 2.36 bits per heavy atom. The van der Waals surface area contributed by atoms with Crippen LogP contribution in [0.15, 0.2) is 0 Å². The lowest BCUT2D eigenvalue weighted by molar-refractivity contribution is 0.00318. The van der Waals surface area contributed by atoms with Gasteiger partial charge in [-0.15, -0.1) is 0 Å². The molecular weight excluding hydrogens is 174 g/mol. The highest BCUT2D eigenvalue weighted by molar-refractivity contribution is 4.90. The van der Waals surface area contributed by atoms with Crippen LogP contribution in [0.5, 0.6) is 0 Å². The lowest BCUT2D eigenvalue weighted by Gasteiger charge is -2.41. The van der Waals surface area contributed by atoms with Crippen molar-refractivity contribution < 1.29 is 5.11 Å². The minimum Gasteiger partial charge on any atom is -0.393 e. The molecular formula is C12H25NO. The fourth-order valence-corrected chi connectivity index (χ4v) is 2.74. The summed E-state index contributed by atoms with van der Waals surface area (Å²) in [6.45, 7) is 4.79. The molecule has 1 saturated carbocycles. The maximum atomic E-state index is 9.76. The molecule has 1 atom stereocenters. The van der Waals surface area contributed by atoms with Crippen molar-refractivity contribution in [2.75, 3.05) is 6.54 Å². The van der Waals surface area contributed by atoms with Crippen LogP contribution in [0.2, 0.25) is 0 Å². The van der Waals surface area contributed by atoms with E-state index in [9.17, 15) is 5.11 Å². The predicted octanol–water partition coefficient (Wildman–Crippen LogP) is 2.30. The zero-order valence-electron chi connectivity index (χ0n) is 9.63. The molecule has 0 spiro atoms. The van der Waals surface area contributed by atoms with Gasteiger partial charge in [-0.1, -0.05) is 19.8 Å². The van der Waals surface area contributed by atoms with Crippen molar-refractivity contribution in [1.82, 2.24) is 0 Å². The van der Waals surface area contributed by atoms with E-state index in [1.54, 1.807) is 0 Å². The number of rotatable bonds is 4. The first-order valence-electron chi connectivity index (χ1n) is 6.02. The molecule has 0 aromatic rings. The fourth-order valence-electron chi connectivity index (χ4n) is 2.74. The Hall–Kier alpha value is -0.0800. The molecule has 2 heteroatoms. The Labute approximate surface area is 87.9 Å². The number of aliphatic hydroxyl groups is 1. The summed E-state index contributed by atoms with van der Waals surface area (Å²) in [5.41, 5.74) is 5.83. The average Bonchev–Trinajstić information content (AvgIpc) is 2.19. The SMILES string of the molecule is CCCC1CCC(CN)(C(C)O)CC1. The molecule has 1 rings (SSSR count). The molecule has 0 heterocycles. The van der Waals surface area contributed by atoms with Crippen molar-refractivity contribution >= 4 is 0 Å². The van der Waals surface area contributed by atoms with Gasteiger partial charge in [0.05, 0.1) is 6.10 Å². The van der Waals surface area contributed by atoms with Crippen LogP contribution in [-0.2, 0) is 0 Å². The molecule has 0 saturated heterocycles. The van der Waals surface area contributed by atoms with Crippen LogP contribution in [0, 0.1) is 11.3 Å². The second-order valence-corrected chi connectivity index (χ2v) is 4.97. The highest BCUT2D eigenvalue weighted by Crippen LogP contribution is 2.42. The van der Waals surface area contributed by atoms with Crippen LogP contribution >= 0.6 is 0 Å². The van der Waals surface area contributed by atoms with Gasteiger partial charge in [0.2, 0.25) is 0 Å². The number of hydrogen-bond acceptors (Lipinski definition) is 2. The summed E-state index contributed by atoms with van der Waals surface area (Å²) in [5.74, 6) is 0.887. The highest BCUT2D eigenvalue weighted by atomic mass is 16.3. The maximum absolute atomic E-state index is 9.76. The maximum Gasteiger partial charge on any atom is 0.0580 e. The Morgan fingerprint density at radius 2 is 2.00 bits per heavy atom. The summed E-state index contributed by atoms with van der Waals surface area (Å²) in [6.07, 6.45) is 7.15. The third-order valence-electron chi connectivity index (χ3n) is 4.09. The normalized spacial score (nSPS) is 35.6. The van der Waals surface area contributed by atoms with Gasteiger partial charge in [0.15, 0.2) is 0 Å². The summed E-state index contributed by atoms with van der Waals surface area (Å²) in [4.78, 5) is 0. The quantitative estimate of drug-likeness (QED) is 0.730. The van der Waals surface area contributed by atoms with E-state index in [4.69, 9.17) is 5.73 Å². The van der Waals surface area contributed by atoms with Gasteiger partial charge in [0.1, 0.15) is 0 Å². The van der Waals surface area contributed by atoms with E-state index in [-0.39, 0.29) is 11.5 Å². The van der Waals surface area contributed by atoms with E-state index < -0.39 is 0 Å². The molecule has 2 nitrogen and oxygen atoms in total. The number of hydrogen-bond donors (Lipinski definition) is 2. The van der Waals surface area contributed by atoms with Crippen molar-refractivity contribution in [3.05, 3.63) is 0 Å². The van der Waals surface area contributed by atoms with Crippen LogP contribution in [0.3, 0.4) is 0 Å². The van der Waals surface area contributed by atoms with Crippen molar-refractivity contribution in [2.45, 2.75) is 58.5 Å². The summed E-state index contributed by atoms with van der Waals surface area (Å²) in [7, 11) is 0. The van der Waals surface area contributed by atoms with Crippen LogP contribution in [0.25, 0.3) is 0 Å². The molecule has 0 aliphatic heterocycles. The van der Waals surface area contributed by atoms with E-state index >= 15 is 0 Å². The first-order valence-corrected chi connectivity index (χ1v) is 6.02. The third kappa shape index (κ3) is 2.48. The molecule has 84 valence electrons. The average molecular weight is 199 g/mol. The molecule has 0 bridgehead atoms. The molecule has 3 N–H and O–H groups in total. The zero-order valence-corrected chi connectivity index (χ0v) is 9.63. The molecule has 1 fully saturated rings. The van der Waals surface area contributed by atoms with Gasteiger partial charge < -0.3 is 10.8 Å². The monoisotopic (exact) mass is 199 g/mol. The second kappa shape index (κ2) is 5.13. The van der Waals surface area contributed by atoms with Gasteiger partial charge in [-0.2, -0.15) is 0 Å². The molecule has 1 aliphatic rings. The minimum atomic E-state index is -0.241. The van der Waals surface area contributed by atoms with Crippen LogP contribution < -0.4 is 5.73 Å². The van der Waals surface area contributed by atoms with Gasteiger partial charge in [0.25, 0.3) is 0 Å².